The predicted octanol–water partition coefficient (Wildman–Crippen LogP) is 5.42. The fraction of sp³-hybridized carbons (Fsp3) is 0.450. The van der Waals surface area contributed by atoms with E-state index >= 15 is 0 Å². The quantitative estimate of drug-likeness (QED) is 0.548. The third-order valence-corrected chi connectivity index (χ3v) is 6.58. The zero-order chi connectivity index (χ0) is 19.3. The van der Waals surface area contributed by atoms with Gasteiger partial charge in [0.25, 0.3) is 0 Å². The van der Waals surface area contributed by atoms with Gasteiger partial charge in [0.05, 0.1) is 11.9 Å². The van der Waals surface area contributed by atoms with Crippen molar-refractivity contribution in [3.05, 3.63) is 50.9 Å². The average Bonchev–Trinajstić information content (AvgIpc) is 3.40. The third kappa shape index (κ3) is 3.56. The number of benzene rings is 1. The van der Waals surface area contributed by atoms with Crippen LogP contribution in [0.4, 0.5) is 5.69 Å². The van der Waals surface area contributed by atoms with Crippen LogP contribution in [0.2, 0.25) is 15.1 Å². The van der Waals surface area contributed by atoms with E-state index in [2.05, 4.69) is 20.2 Å². The van der Waals surface area contributed by atoms with Crippen LogP contribution >= 0.6 is 34.8 Å². The molecule has 2 fully saturated rings. The first kappa shape index (κ1) is 18.5. The fourth-order valence-electron chi connectivity index (χ4n) is 4.05. The zero-order valence-electron chi connectivity index (χ0n) is 15.3. The lowest BCUT2D eigenvalue weighted by molar-refractivity contribution is 0.505. The number of hydrogen-bond acceptors (Lipinski definition) is 4. The monoisotopic (exact) mass is 435 g/mol. The Balaban J connectivity index is 1.34. The smallest absolute Gasteiger partial charge is 0.198 e. The summed E-state index contributed by atoms with van der Waals surface area (Å²) in [5.41, 5.74) is 2.79. The van der Waals surface area contributed by atoms with Crippen LogP contribution in [0.5, 0.6) is 0 Å². The van der Waals surface area contributed by atoms with Crippen LogP contribution in [0.25, 0.3) is 5.65 Å². The van der Waals surface area contributed by atoms with E-state index in [0.29, 0.717) is 26.6 Å². The maximum absolute atomic E-state index is 6.70. The number of hydrogen-bond donors (Lipinski definition) is 0. The molecule has 1 saturated carbocycles. The van der Waals surface area contributed by atoms with Crippen molar-refractivity contribution in [2.24, 2.45) is 5.92 Å². The Bertz CT molecular complexity index is 1000. The first-order chi connectivity index (χ1) is 13.6. The molecule has 5 nitrogen and oxygen atoms in total. The van der Waals surface area contributed by atoms with Gasteiger partial charge >= 0.3 is 0 Å². The van der Waals surface area contributed by atoms with Gasteiger partial charge in [0, 0.05) is 29.6 Å². The second-order valence-corrected chi connectivity index (χ2v) is 9.06. The van der Waals surface area contributed by atoms with Gasteiger partial charge in [-0.05, 0) is 61.3 Å². The van der Waals surface area contributed by atoms with Crippen molar-refractivity contribution in [1.29, 1.82) is 0 Å². The molecule has 0 unspecified atom stereocenters. The van der Waals surface area contributed by atoms with Crippen molar-refractivity contribution in [2.45, 2.75) is 38.0 Å². The third-order valence-electron chi connectivity index (χ3n) is 5.78. The summed E-state index contributed by atoms with van der Waals surface area (Å²) in [6.45, 7) is 1.80. The second kappa shape index (κ2) is 7.36. The summed E-state index contributed by atoms with van der Waals surface area (Å²) in [6, 6.07) is 5.82. The molecule has 1 aromatic carbocycles. The van der Waals surface area contributed by atoms with E-state index in [4.69, 9.17) is 34.8 Å². The molecular weight excluding hydrogens is 417 g/mol. The van der Waals surface area contributed by atoms with Crippen LogP contribution in [-0.4, -0.2) is 32.9 Å². The molecule has 2 aromatic heterocycles. The Morgan fingerprint density at radius 3 is 2.32 bits per heavy atom. The number of piperidine rings is 1. The molecule has 1 aliphatic carbocycles. The highest BCUT2D eigenvalue weighted by Crippen LogP contribution is 2.37. The minimum Gasteiger partial charge on any atom is -0.369 e. The van der Waals surface area contributed by atoms with Crippen molar-refractivity contribution in [1.82, 2.24) is 19.8 Å². The molecular formula is C20H20Cl3N5. The molecule has 3 aromatic rings. The Hall–Kier alpha value is -1.56. The van der Waals surface area contributed by atoms with Gasteiger partial charge in [-0.25, -0.2) is 0 Å². The van der Waals surface area contributed by atoms with Gasteiger partial charge in [-0.15, -0.1) is 10.2 Å². The standard InChI is InChI=1S/C20H20Cl3N5/c21-15-8-14(9-16(22)10-15)13-3-5-27(6-4-13)17-11-24-28-18(7-12-1-2-12)25-26-20(28)19(17)23/h8-13H,1-7H2. The van der Waals surface area contributed by atoms with Crippen LogP contribution in [-0.2, 0) is 6.42 Å². The normalized spacial score (nSPS) is 18.2. The molecule has 2 aliphatic rings. The number of nitrogens with zero attached hydrogens (tertiary/aromatic N) is 5. The maximum Gasteiger partial charge on any atom is 0.198 e. The lowest BCUT2D eigenvalue weighted by atomic mass is 9.89. The highest BCUT2D eigenvalue weighted by atomic mass is 35.5. The van der Waals surface area contributed by atoms with Crippen LogP contribution in [0.1, 0.15) is 43.0 Å². The van der Waals surface area contributed by atoms with Crippen molar-refractivity contribution in [3.8, 4) is 0 Å². The number of halogens is 3. The van der Waals surface area contributed by atoms with Crippen molar-refractivity contribution < 1.29 is 0 Å². The second-order valence-electron chi connectivity index (χ2n) is 7.81. The summed E-state index contributed by atoms with van der Waals surface area (Å²) in [5.74, 6) is 2.08. The van der Waals surface area contributed by atoms with Gasteiger partial charge in [-0.3, -0.25) is 0 Å². The predicted molar refractivity (Wildman–Crippen MR) is 113 cm³/mol. The van der Waals surface area contributed by atoms with E-state index in [9.17, 15) is 0 Å². The van der Waals surface area contributed by atoms with E-state index in [0.717, 1.165) is 49.8 Å². The summed E-state index contributed by atoms with van der Waals surface area (Å²) in [7, 11) is 0. The Kier molecular flexibility index (Phi) is 4.85. The van der Waals surface area contributed by atoms with E-state index in [1.807, 2.05) is 18.3 Å². The van der Waals surface area contributed by atoms with E-state index in [1.165, 1.54) is 18.4 Å². The lowest BCUT2D eigenvalue weighted by Gasteiger charge is -2.34. The zero-order valence-corrected chi connectivity index (χ0v) is 17.6. The van der Waals surface area contributed by atoms with Crippen LogP contribution in [0.3, 0.4) is 0 Å². The summed E-state index contributed by atoms with van der Waals surface area (Å²) in [6.07, 6.45) is 7.35. The van der Waals surface area contributed by atoms with Gasteiger partial charge in [0.15, 0.2) is 11.5 Å². The summed E-state index contributed by atoms with van der Waals surface area (Å²) >= 11 is 19.0. The summed E-state index contributed by atoms with van der Waals surface area (Å²) in [5, 5.41) is 15.2. The van der Waals surface area contributed by atoms with Crippen molar-refractivity contribution in [2.75, 3.05) is 18.0 Å². The first-order valence-electron chi connectivity index (χ1n) is 9.68. The summed E-state index contributed by atoms with van der Waals surface area (Å²) in [4.78, 5) is 2.28. The van der Waals surface area contributed by atoms with E-state index in [-0.39, 0.29) is 0 Å². The highest BCUT2D eigenvalue weighted by molar-refractivity contribution is 6.36. The molecule has 146 valence electrons. The minimum atomic E-state index is 0.446. The summed E-state index contributed by atoms with van der Waals surface area (Å²) < 4.78 is 1.80. The SMILES string of the molecule is Clc1cc(Cl)cc(C2CCN(c3cnn4c(CC5CC5)nnc4c3Cl)CC2)c1. The Morgan fingerprint density at radius 2 is 1.64 bits per heavy atom. The number of anilines is 1. The van der Waals surface area contributed by atoms with Gasteiger partial charge in [-0.1, -0.05) is 34.8 Å². The molecule has 0 amide bonds. The molecule has 8 heteroatoms. The van der Waals surface area contributed by atoms with Gasteiger partial charge in [0.2, 0.25) is 0 Å². The van der Waals surface area contributed by atoms with Gasteiger partial charge < -0.3 is 4.90 Å². The largest absolute Gasteiger partial charge is 0.369 e. The molecule has 0 N–H and O–H groups in total. The first-order valence-corrected chi connectivity index (χ1v) is 10.8. The molecule has 3 heterocycles. The molecule has 1 saturated heterocycles. The molecule has 0 atom stereocenters. The Morgan fingerprint density at radius 1 is 0.929 bits per heavy atom. The van der Waals surface area contributed by atoms with Gasteiger partial charge in [0.1, 0.15) is 5.02 Å². The van der Waals surface area contributed by atoms with Gasteiger partial charge in [-0.2, -0.15) is 9.61 Å². The van der Waals surface area contributed by atoms with Crippen molar-refractivity contribution in [3.63, 3.8) is 0 Å². The molecule has 0 bridgehead atoms. The molecule has 28 heavy (non-hydrogen) atoms. The Labute approximate surface area is 178 Å². The number of rotatable bonds is 4. The topological polar surface area (TPSA) is 46.3 Å². The highest BCUT2D eigenvalue weighted by Gasteiger charge is 2.27. The van der Waals surface area contributed by atoms with E-state index in [1.54, 1.807) is 10.6 Å². The molecule has 0 spiro atoms. The number of fused-ring (bicyclic) bond motifs is 1. The maximum atomic E-state index is 6.70. The van der Waals surface area contributed by atoms with Crippen LogP contribution < -0.4 is 4.90 Å². The van der Waals surface area contributed by atoms with Crippen LogP contribution in [0, 0.1) is 5.92 Å². The minimum absolute atomic E-state index is 0.446. The van der Waals surface area contributed by atoms with E-state index < -0.39 is 0 Å². The number of aromatic nitrogens is 4. The average molecular weight is 437 g/mol. The molecule has 1 aliphatic heterocycles. The fourth-order valence-corrected chi connectivity index (χ4v) is 4.88. The molecule has 0 radical (unpaired) electrons. The van der Waals surface area contributed by atoms with Crippen LogP contribution in [0.15, 0.2) is 24.4 Å². The lowest BCUT2D eigenvalue weighted by Crippen LogP contribution is -2.33. The van der Waals surface area contributed by atoms with Crippen molar-refractivity contribution >= 4 is 46.1 Å². The molecule has 5 rings (SSSR count).